The van der Waals surface area contributed by atoms with Crippen molar-refractivity contribution >= 4 is 199 Å². The Morgan fingerprint density at radius 3 is 1.54 bits per heavy atom. The third-order valence-corrected chi connectivity index (χ3v) is 14.2. The fourth-order valence-corrected chi connectivity index (χ4v) is 10.2. The highest BCUT2D eigenvalue weighted by Crippen LogP contribution is 2.40. The van der Waals surface area contributed by atoms with Crippen LogP contribution < -0.4 is 54.6 Å². The average Bonchev–Trinajstić information content (AvgIpc) is 3.99. The summed E-state index contributed by atoms with van der Waals surface area (Å²) in [6.45, 7) is 0. The van der Waals surface area contributed by atoms with Gasteiger partial charge in [0.15, 0.2) is 17.5 Å². The SMILES string of the molecule is Bc1c(B)c(B)c2c([nH]c3c2c(B)c(B)c2c3c3c(B)c(B)c(B)c(B)c3n2-c2cccc3oc4cc(-c5nc(-c6ccccc6)nc(-c6ccccc6)n5)ccc4c23)c1B. The van der Waals surface area contributed by atoms with E-state index in [-0.39, 0.29) is 0 Å². The maximum absolute atomic E-state index is 6.83. The summed E-state index contributed by atoms with van der Waals surface area (Å²) >= 11 is 0. The number of hydrogen-bond donors (Lipinski definition) is 1. The van der Waals surface area contributed by atoms with Gasteiger partial charge in [0, 0.05) is 54.8 Å². The third-order valence-electron chi connectivity index (χ3n) is 14.2. The Kier molecular flexibility index (Phi) is 8.35. The summed E-state index contributed by atoms with van der Waals surface area (Å²) in [6.07, 6.45) is 0. The van der Waals surface area contributed by atoms with Gasteiger partial charge in [0.25, 0.3) is 0 Å². The van der Waals surface area contributed by atoms with Crippen molar-refractivity contribution in [2.75, 3.05) is 0 Å². The van der Waals surface area contributed by atoms with Gasteiger partial charge in [0.1, 0.15) is 89.6 Å². The van der Waals surface area contributed by atoms with E-state index in [1.165, 1.54) is 98.2 Å². The first-order valence-electron chi connectivity index (χ1n) is 21.2. The van der Waals surface area contributed by atoms with Gasteiger partial charge < -0.3 is 14.0 Å². The van der Waals surface area contributed by atoms with E-state index in [4.69, 9.17) is 19.4 Å². The Hall–Kier alpha value is -6.40. The first-order valence-corrected chi connectivity index (χ1v) is 21.2. The second kappa shape index (κ2) is 13.6. The van der Waals surface area contributed by atoms with Crippen LogP contribution in [0.4, 0.5) is 0 Å². The highest BCUT2D eigenvalue weighted by atomic mass is 16.3. The number of H-pyrrole nitrogens is 1. The maximum Gasteiger partial charge on any atom is 0.164 e. The second-order valence-corrected chi connectivity index (χ2v) is 17.2. The fourth-order valence-electron chi connectivity index (χ4n) is 10.2. The molecule has 0 aliphatic carbocycles. The standard InChI is InChI=1S/C45H37B10N5O/c46-29-26-25-30(47)37(54)42-28(39(25)56-40(26)36(53)34(51)32(29)49)27-31(48)33(50)35(52)38(55)41(27)60(42)21-12-7-13-22-24(21)20-15-14-19(16-23(20)61-22)45-58-43(17-8-3-1-4-9-17)57-44(59-45)18-10-5-2-6-11-18/h1-16,56H,46-55H2. The summed E-state index contributed by atoms with van der Waals surface area (Å²) in [5.41, 5.74) is 23.7. The molecule has 11 rings (SSSR count). The van der Waals surface area contributed by atoms with Crippen molar-refractivity contribution in [2.45, 2.75) is 0 Å². The molecule has 0 aliphatic rings. The minimum Gasteiger partial charge on any atom is -0.456 e. The van der Waals surface area contributed by atoms with Gasteiger partial charge in [0.2, 0.25) is 0 Å². The minimum atomic E-state index is 0.596. The Labute approximate surface area is 362 Å². The number of aromatic nitrogens is 5. The molecule has 0 unspecified atom stereocenters. The van der Waals surface area contributed by atoms with Crippen molar-refractivity contribution in [2.24, 2.45) is 0 Å². The molecule has 278 valence electrons. The van der Waals surface area contributed by atoms with Crippen LogP contribution in [0, 0.1) is 0 Å². The lowest BCUT2D eigenvalue weighted by Gasteiger charge is -2.17. The molecular weight excluding hydrogens is 735 g/mol. The molecule has 0 atom stereocenters. The average molecular weight is 772 g/mol. The van der Waals surface area contributed by atoms with E-state index in [1.807, 2.05) is 60.7 Å². The Morgan fingerprint density at radius 1 is 0.393 bits per heavy atom. The van der Waals surface area contributed by atoms with E-state index in [1.54, 1.807) is 0 Å². The van der Waals surface area contributed by atoms with Gasteiger partial charge in [-0.1, -0.05) is 116 Å². The van der Waals surface area contributed by atoms with Crippen LogP contribution in [-0.4, -0.2) is 103 Å². The number of rotatable bonds is 4. The number of aromatic amines is 1. The number of nitrogens with zero attached hydrogens (tertiary/aromatic N) is 4. The topological polar surface area (TPSA) is 72.5 Å². The molecular formula is C45H37B10N5O. The van der Waals surface area contributed by atoms with Crippen molar-refractivity contribution < 1.29 is 4.42 Å². The molecule has 0 amide bonds. The van der Waals surface area contributed by atoms with Crippen molar-refractivity contribution in [1.29, 1.82) is 0 Å². The Bertz CT molecular complexity index is 3660. The van der Waals surface area contributed by atoms with Crippen molar-refractivity contribution in [3.8, 4) is 39.9 Å². The van der Waals surface area contributed by atoms with Gasteiger partial charge in [-0.3, -0.25) is 0 Å². The summed E-state index contributed by atoms with van der Waals surface area (Å²) in [5, 5.41) is 7.40. The van der Waals surface area contributed by atoms with E-state index >= 15 is 0 Å². The van der Waals surface area contributed by atoms with Gasteiger partial charge >= 0.3 is 0 Å². The van der Waals surface area contributed by atoms with Gasteiger partial charge in [-0.25, -0.2) is 15.0 Å². The molecule has 6 nitrogen and oxygen atoms in total. The lowest BCUT2D eigenvalue weighted by molar-refractivity contribution is 0.669. The molecule has 0 saturated carbocycles. The molecule has 4 heterocycles. The molecule has 0 spiro atoms. The third kappa shape index (κ3) is 5.27. The van der Waals surface area contributed by atoms with E-state index in [9.17, 15) is 0 Å². The summed E-state index contributed by atoms with van der Waals surface area (Å²) in [6, 6.07) is 33.1. The molecule has 16 heteroatoms. The fraction of sp³-hybridized carbons (Fsp3) is 0. The molecule has 4 aromatic heterocycles. The molecule has 0 saturated heterocycles. The number of furan rings is 1. The van der Waals surface area contributed by atoms with Crippen LogP contribution in [0.5, 0.6) is 0 Å². The van der Waals surface area contributed by atoms with Crippen molar-refractivity contribution in [3.05, 3.63) is 97.1 Å². The monoisotopic (exact) mass is 773 g/mol. The molecule has 61 heavy (non-hydrogen) atoms. The largest absolute Gasteiger partial charge is 0.456 e. The number of benzene rings is 7. The lowest BCUT2D eigenvalue weighted by Crippen LogP contribution is -2.48. The molecule has 0 aliphatic heterocycles. The molecule has 11 aromatic rings. The molecule has 0 radical (unpaired) electrons. The predicted molar refractivity (Wildman–Crippen MR) is 289 cm³/mol. The predicted octanol–water partition coefficient (Wildman–Crippen LogP) is -5.91. The van der Waals surface area contributed by atoms with Gasteiger partial charge in [0.05, 0.1) is 16.6 Å². The van der Waals surface area contributed by atoms with Gasteiger partial charge in [-0.2, -0.15) is 0 Å². The summed E-state index contributed by atoms with van der Waals surface area (Å²) in [4.78, 5) is 19.0. The zero-order chi connectivity index (χ0) is 42.2. The maximum atomic E-state index is 6.83. The van der Waals surface area contributed by atoms with Crippen molar-refractivity contribution in [1.82, 2.24) is 24.5 Å². The van der Waals surface area contributed by atoms with Crippen LogP contribution in [0.25, 0.3) is 105 Å². The van der Waals surface area contributed by atoms with Crippen LogP contribution in [0.3, 0.4) is 0 Å². The van der Waals surface area contributed by atoms with Crippen LogP contribution in [0.15, 0.2) is 101 Å². The Morgan fingerprint density at radius 2 is 0.902 bits per heavy atom. The van der Waals surface area contributed by atoms with Crippen LogP contribution in [0.1, 0.15) is 0 Å². The molecule has 0 bridgehead atoms. The lowest BCUT2D eigenvalue weighted by atomic mass is 9.64. The summed E-state index contributed by atoms with van der Waals surface area (Å²) in [7, 11) is 22.9. The highest BCUT2D eigenvalue weighted by molar-refractivity contribution is 6.71. The quantitative estimate of drug-likeness (QED) is 0.181. The van der Waals surface area contributed by atoms with Crippen LogP contribution in [-0.2, 0) is 0 Å². The van der Waals surface area contributed by atoms with E-state index in [0.29, 0.717) is 17.5 Å². The smallest absolute Gasteiger partial charge is 0.164 e. The minimum absolute atomic E-state index is 0.596. The van der Waals surface area contributed by atoms with Crippen molar-refractivity contribution in [3.63, 3.8) is 0 Å². The van der Waals surface area contributed by atoms with Gasteiger partial charge in [-0.15, -0.1) is 10.9 Å². The highest BCUT2D eigenvalue weighted by Gasteiger charge is 2.27. The summed E-state index contributed by atoms with van der Waals surface area (Å²) < 4.78 is 9.38. The zero-order valence-electron chi connectivity index (χ0n) is 36.4. The van der Waals surface area contributed by atoms with Crippen LogP contribution >= 0.6 is 0 Å². The summed E-state index contributed by atoms with van der Waals surface area (Å²) in [5.74, 6) is 1.85. The van der Waals surface area contributed by atoms with Crippen LogP contribution in [0.2, 0.25) is 0 Å². The second-order valence-electron chi connectivity index (χ2n) is 17.2. The number of hydrogen-bond acceptors (Lipinski definition) is 4. The normalized spacial score (nSPS) is 11.9. The first-order chi connectivity index (χ1) is 29.4. The van der Waals surface area contributed by atoms with E-state index in [0.717, 1.165) is 44.3 Å². The first kappa shape index (κ1) is 37.6. The Balaban J connectivity index is 1.21. The number of nitrogens with one attached hydrogen (secondary N) is 1. The molecule has 7 aromatic carbocycles. The number of fused-ring (bicyclic) bond motifs is 10. The van der Waals surface area contributed by atoms with E-state index in [2.05, 4.69) is 124 Å². The molecule has 0 fully saturated rings. The molecule has 1 N–H and O–H groups in total. The van der Waals surface area contributed by atoms with Gasteiger partial charge in [-0.05, 0) is 29.7 Å². The zero-order valence-corrected chi connectivity index (χ0v) is 36.4. The van der Waals surface area contributed by atoms with E-state index < -0.39 is 0 Å².